The molecule has 2 N–H and O–H groups in total. The van der Waals surface area contributed by atoms with Crippen molar-refractivity contribution in [2.24, 2.45) is 5.10 Å². The summed E-state index contributed by atoms with van der Waals surface area (Å²) >= 11 is 3.50. The first-order valence-electron chi connectivity index (χ1n) is 10.4. The molecule has 0 bridgehead atoms. The van der Waals surface area contributed by atoms with Crippen LogP contribution < -0.4 is 15.6 Å². The summed E-state index contributed by atoms with van der Waals surface area (Å²) in [5.41, 5.74) is 5.39. The third-order valence-corrected chi connectivity index (χ3v) is 6.14. The van der Waals surface area contributed by atoms with Gasteiger partial charge < -0.3 is 15.0 Å². The molecule has 1 saturated heterocycles. The van der Waals surface area contributed by atoms with Crippen LogP contribution in [0.25, 0.3) is 0 Å². The van der Waals surface area contributed by atoms with Crippen LogP contribution in [0.4, 0.5) is 31.9 Å². The first kappa shape index (κ1) is 24.9. The molecule has 0 amide bonds. The minimum absolute atomic E-state index is 0.000144. The number of benzene rings is 1. The average molecular weight is 691 g/mol. The maximum absolute atomic E-state index is 14.2. The van der Waals surface area contributed by atoms with Gasteiger partial charge in [-0.15, -0.1) is 0 Å². The van der Waals surface area contributed by atoms with Gasteiger partial charge in [0.15, 0.2) is 11.6 Å². The third-order valence-electron chi connectivity index (χ3n) is 4.89. The highest BCUT2D eigenvalue weighted by Crippen LogP contribution is 2.41. The monoisotopic (exact) mass is 691 g/mol. The molecule has 3 aromatic rings. The molecule has 1 aliphatic rings. The molecular weight excluding hydrogens is 670 g/mol. The topological polar surface area (TPSA) is 87.6 Å². The van der Waals surface area contributed by atoms with E-state index in [1.165, 1.54) is 6.21 Å². The molecule has 1 unspecified atom stereocenters. The van der Waals surface area contributed by atoms with E-state index < -0.39 is 7.50 Å². The highest BCUT2D eigenvalue weighted by Gasteiger charge is 2.23. The summed E-state index contributed by atoms with van der Waals surface area (Å²) in [5, 5.41) is 7.31. The lowest BCUT2D eigenvalue weighted by Gasteiger charge is -2.32. The number of hydrogen-bond donors (Lipinski definition) is 2. The highest BCUT2D eigenvalue weighted by atomic mass is 127. The second kappa shape index (κ2) is 11.0. The van der Waals surface area contributed by atoms with Gasteiger partial charge in [-0.05, 0) is 76.4 Å². The van der Waals surface area contributed by atoms with E-state index in [0.717, 1.165) is 17.6 Å². The number of alkyl halides is 3. The minimum Gasteiger partial charge on any atom is -0.375 e. The van der Waals surface area contributed by atoms with E-state index in [1.54, 1.807) is 75.6 Å². The van der Waals surface area contributed by atoms with Gasteiger partial charge in [-0.3, -0.25) is 4.98 Å². The quantitative estimate of drug-likeness (QED) is 0.149. The van der Waals surface area contributed by atoms with Crippen LogP contribution in [0.1, 0.15) is 18.2 Å². The number of halogens is 4. The molecule has 3 heterocycles. The van der Waals surface area contributed by atoms with Gasteiger partial charge in [0.1, 0.15) is 0 Å². The predicted octanol–water partition coefficient (Wildman–Crippen LogP) is 5.38. The standard InChI is InChI=1S/C22H21F2I2N7O/c1-14-13-33(7-8-34-14)20-19(23)12-28-21(31-20)32-29-11-17-5-6-18(10-27-17)30-16-4-2-3-15(9-16)22(24,25)26/h2-6,9-12,14,30H,7-8,13H2,1H3,(H,28,31,32)/b29-11+. The Hall–Kier alpha value is -2.20. The number of rotatable bonds is 7. The van der Waals surface area contributed by atoms with Crippen LogP contribution in [0, 0.1) is 5.82 Å². The summed E-state index contributed by atoms with van der Waals surface area (Å²) < 4.78 is 32.4. The Morgan fingerprint density at radius 3 is 2.79 bits per heavy atom. The number of hydrazone groups is 1. The van der Waals surface area contributed by atoms with Gasteiger partial charge in [-0.1, -0.05) is 12.1 Å². The van der Waals surface area contributed by atoms with Gasteiger partial charge in [0, 0.05) is 24.3 Å². The maximum atomic E-state index is 14.2. The van der Waals surface area contributed by atoms with Gasteiger partial charge in [-0.2, -0.15) is 10.1 Å². The van der Waals surface area contributed by atoms with Crippen molar-refractivity contribution in [3.05, 3.63) is 65.9 Å². The van der Waals surface area contributed by atoms with Crippen molar-refractivity contribution in [1.82, 2.24) is 15.0 Å². The number of nitrogens with one attached hydrogen (secondary N) is 2. The largest absolute Gasteiger partial charge is 0.375 e. The zero-order chi connectivity index (χ0) is 24.1. The van der Waals surface area contributed by atoms with E-state index in [-0.39, 0.29) is 17.9 Å². The lowest BCUT2D eigenvalue weighted by molar-refractivity contribution is 0.0527. The van der Waals surface area contributed by atoms with Gasteiger partial charge in [0.05, 0.1) is 42.7 Å². The summed E-state index contributed by atoms with van der Waals surface area (Å²) in [7, 11) is 0. The lowest BCUT2D eigenvalue weighted by atomic mass is 10.2. The SMILES string of the molecule is CC1CN(c2nc(N/N=C/c3ccc(Nc4cccc(C(F)(I)I)c4)cn3)ncc2F)CCO1. The molecule has 1 aliphatic heterocycles. The van der Waals surface area contributed by atoms with Gasteiger partial charge in [0.25, 0.3) is 0 Å². The van der Waals surface area contributed by atoms with Crippen molar-refractivity contribution < 1.29 is 13.5 Å². The zero-order valence-electron chi connectivity index (χ0n) is 18.1. The number of pyridine rings is 1. The molecule has 2 aromatic heterocycles. The molecule has 0 aliphatic carbocycles. The van der Waals surface area contributed by atoms with Crippen LogP contribution >= 0.6 is 45.2 Å². The number of morpholine rings is 1. The smallest absolute Gasteiger partial charge is 0.245 e. The van der Waals surface area contributed by atoms with E-state index in [2.05, 4.69) is 30.8 Å². The van der Waals surface area contributed by atoms with Crippen molar-refractivity contribution >= 4 is 74.5 Å². The molecule has 0 radical (unpaired) electrons. The van der Waals surface area contributed by atoms with Crippen molar-refractivity contribution in [2.75, 3.05) is 35.3 Å². The molecule has 0 spiro atoms. The van der Waals surface area contributed by atoms with Crippen LogP contribution in [0.3, 0.4) is 0 Å². The summed E-state index contributed by atoms with van der Waals surface area (Å²) in [4.78, 5) is 14.4. The van der Waals surface area contributed by atoms with E-state index in [9.17, 15) is 8.78 Å². The fourth-order valence-electron chi connectivity index (χ4n) is 3.30. The van der Waals surface area contributed by atoms with Crippen molar-refractivity contribution in [3.63, 3.8) is 0 Å². The average Bonchev–Trinajstić information content (AvgIpc) is 2.81. The molecule has 0 saturated carbocycles. The van der Waals surface area contributed by atoms with Crippen LogP contribution in [0.2, 0.25) is 0 Å². The first-order chi connectivity index (χ1) is 16.3. The Morgan fingerprint density at radius 1 is 1.21 bits per heavy atom. The Bertz CT molecular complexity index is 1160. The first-order valence-corrected chi connectivity index (χ1v) is 12.5. The summed E-state index contributed by atoms with van der Waals surface area (Å²) in [5.74, 6) is -0.0943. The third kappa shape index (κ3) is 6.69. The zero-order valence-corrected chi connectivity index (χ0v) is 22.4. The molecule has 1 fully saturated rings. The fourth-order valence-corrected chi connectivity index (χ4v) is 3.97. The number of ether oxygens (including phenoxy) is 1. The van der Waals surface area contributed by atoms with E-state index in [4.69, 9.17) is 4.74 Å². The Morgan fingerprint density at radius 2 is 2.06 bits per heavy atom. The predicted molar refractivity (Wildman–Crippen MR) is 146 cm³/mol. The molecule has 1 atom stereocenters. The summed E-state index contributed by atoms with van der Waals surface area (Å²) in [6.45, 7) is 3.56. The maximum Gasteiger partial charge on any atom is 0.245 e. The molecule has 1 aromatic carbocycles. The van der Waals surface area contributed by atoms with Crippen LogP contribution in [0.15, 0.2) is 53.9 Å². The second-order valence-corrected chi connectivity index (χ2v) is 12.6. The highest BCUT2D eigenvalue weighted by molar-refractivity contribution is 14.2. The van der Waals surface area contributed by atoms with Gasteiger partial charge in [-0.25, -0.2) is 19.2 Å². The van der Waals surface area contributed by atoms with Crippen molar-refractivity contribution in [3.8, 4) is 0 Å². The lowest BCUT2D eigenvalue weighted by Crippen LogP contribution is -2.42. The van der Waals surface area contributed by atoms with Crippen molar-refractivity contribution in [2.45, 2.75) is 14.7 Å². The van der Waals surface area contributed by atoms with Crippen LogP contribution in [0.5, 0.6) is 0 Å². The number of anilines is 4. The fraction of sp³-hybridized carbons (Fsp3) is 0.273. The van der Waals surface area contributed by atoms with Crippen LogP contribution in [-0.4, -0.2) is 47.0 Å². The molecular formula is C22H21F2I2N7O. The summed E-state index contributed by atoms with van der Waals surface area (Å²) in [6, 6.07) is 10.8. The molecule has 8 nitrogen and oxygen atoms in total. The Balaban J connectivity index is 1.37. The van der Waals surface area contributed by atoms with E-state index in [1.807, 2.05) is 24.0 Å². The Labute approximate surface area is 222 Å². The summed E-state index contributed by atoms with van der Waals surface area (Å²) in [6.07, 6.45) is 4.28. The van der Waals surface area contributed by atoms with Crippen molar-refractivity contribution in [1.29, 1.82) is 0 Å². The van der Waals surface area contributed by atoms with E-state index in [0.29, 0.717) is 31.0 Å². The molecule has 12 heteroatoms. The number of aromatic nitrogens is 3. The minimum atomic E-state index is -1.48. The Kier molecular flexibility index (Phi) is 8.08. The van der Waals surface area contributed by atoms with Gasteiger partial charge >= 0.3 is 0 Å². The number of nitrogens with zero attached hydrogens (tertiary/aromatic N) is 5. The molecule has 4 rings (SSSR count). The number of hydrogen-bond acceptors (Lipinski definition) is 8. The normalized spacial score (nSPS) is 16.6. The second-order valence-electron chi connectivity index (χ2n) is 7.54. The van der Waals surface area contributed by atoms with E-state index >= 15 is 0 Å². The van der Waals surface area contributed by atoms with Crippen LogP contribution in [-0.2, 0) is 6.42 Å². The molecule has 178 valence electrons. The molecule has 34 heavy (non-hydrogen) atoms. The van der Waals surface area contributed by atoms with Gasteiger partial charge in [0.2, 0.25) is 7.63 Å².